The molecule has 0 aromatic carbocycles. The van der Waals surface area contributed by atoms with Crippen LogP contribution in [0.5, 0.6) is 0 Å². The largest absolute Gasteiger partial charge is 0.314 e. The average molecular weight is 416 g/mol. The van der Waals surface area contributed by atoms with Crippen LogP contribution in [0.2, 0.25) is 0 Å². The van der Waals surface area contributed by atoms with Crippen molar-refractivity contribution in [3.63, 3.8) is 0 Å². The van der Waals surface area contributed by atoms with Crippen molar-refractivity contribution in [2.24, 2.45) is 5.92 Å². The number of hydrogen-bond acceptors (Lipinski definition) is 6. The molecule has 0 amide bonds. The Hall–Kier alpha value is -3.13. The topological polar surface area (TPSA) is 90.0 Å². The summed E-state index contributed by atoms with van der Waals surface area (Å²) >= 11 is 0. The van der Waals surface area contributed by atoms with Crippen molar-refractivity contribution in [1.82, 2.24) is 34.7 Å². The Kier molecular flexibility index (Phi) is 4.17. The number of aromatic nitrogens is 6. The van der Waals surface area contributed by atoms with Gasteiger partial charge in [-0.1, -0.05) is 0 Å². The zero-order valence-electron chi connectivity index (χ0n) is 17.7. The van der Waals surface area contributed by atoms with Gasteiger partial charge in [-0.05, 0) is 75.8 Å². The summed E-state index contributed by atoms with van der Waals surface area (Å²) in [7, 11) is 0. The highest BCUT2D eigenvalue weighted by atomic mass is 16.1. The second-order valence-corrected chi connectivity index (χ2v) is 8.96. The van der Waals surface area contributed by atoms with E-state index in [1.54, 1.807) is 15.4 Å². The molecule has 2 atom stereocenters. The smallest absolute Gasteiger partial charge is 0.276 e. The van der Waals surface area contributed by atoms with E-state index in [2.05, 4.69) is 20.5 Å². The van der Waals surface area contributed by atoms with Crippen LogP contribution in [-0.2, 0) is 0 Å². The fraction of sp³-hybridized carbons (Fsp3) is 0.435. The second kappa shape index (κ2) is 6.95. The minimum absolute atomic E-state index is 0.0529. The van der Waals surface area contributed by atoms with Crippen molar-refractivity contribution in [2.45, 2.75) is 51.6 Å². The SMILES string of the molecule is Cc1cn2nc(-c3ccc4c(=O)n([C@H]5CCN[C@@H](C6CC6)C5)ncc4n3)cc(C)c2n1. The van der Waals surface area contributed by atoms with Gasteiger partial charge in [-0.15, -0.1) is 0 Å². The van der Waals surface area contributed by atoms with Crippen LogP contribution in [0.1, 0.15) is 43.0 Å². The number of rotatable bonds is 3. The van der Waals surface area contributed by atoms with Crippen molar-refractivity contribution < 1.29 is 0 Å². The van der Waals surface area contributed by atoms with Gasteiger partial charge in [0.05, 0.1) is 40.7 Å². The summed E-state index contributed by atoms with van der Waals surface area (Å²) < 4.78 is 3.47. The number of pyridine rings is 1. The van der Waals surface area contributed by atoms with Crippen LogP contribution < -0.4 is 10.9 Å². The van der Waals surface area contributed by atoms with E-state index in [-0.39, 0.29) is 11.6 Å². The van der Waals surface area contributed by atoms with Gasteiger partial charge in [0, 0.05) is 6.04 Å². The molecule has 2 fully saturated rings. The van der Waals surface area contributed by atoms with Crippen LogP contribution in [0.3, 0.4) is 0 Å². The predicted molar refractivity (Wildman–Crippen MR) is 118 cm³/mol. The molecule has 158 valence electrons. The van der Waals surface area contributed by atoms with E-state index in [0.717, 1.165) is 53.6 Å². The maximum absolute atomic E-state index is 13.2. The first kappa shape index (κ1) is 18.6. The number of fused-ring (bicyclic) bond motifs is 2. The maximum Gasteiger partial charge on any atom is 0.276 e. The summed E-state index contributed by atoms with van der Waals surface area (Å²) in [6.07, 6.45) is 8.13. The van der Waals surface area contributed by atoms with Gasteiger partial charge in [0.15, 0.2) is 5.65 Å². The zero-order chi connectivity index (χ0) is 21.1. The van der Waals surface area contributed by atoms with Gasteiger partial charge >= 0.3 is 0 Å². The summed E-state index contributed by atoms with van der Waals surface area (Å²) in [4.78, 5) is 22.4. The highest BCUT2D eigenvalue weighted by Crippen LogP contribution is 2.37. The number of hydrogen-bond donors (Lipinski definition) is 1. The Morgan fingerprint density at radius 3 is 2.81 bits per heavy atom. The molecule has 1 aliphatic heterocycles. The molecular weight excluding hydrogens is 390 g/mol. The van der Waals surface area contributed by atoms with Gasteiger partial charge in [-0.2, -0.15) is 10.2 Å². The van der Waals surface area contributed by atoms with Crippen molar-refractivity contribution in [2.75, 3.05) is 6.54 Å². The molecule has 1 N–H and O–H groups in total. The normalized spacial score (nSPS) is 21.7. The lowest BCUT2D eigenvalue weighted by molar-refractivity contribution is 0.260. The van der Waals surface area contributed by atoms with Crippen LogP contribution in [-0.4, -0.2) is 41.9 Å². The predicted octanol–water partition coefficient (Wildman–Crippen LogP) is 2.82. The molecule has 31 heavy (non-hydrogen) atoms. The van der Waals surface area contributed by atoms with E-state index in [1.807, 2.05) is 38.2 Å². The first-order valence-corrected chi connectivity index (χ1v) is 11.0. The Balaban J connectivity index is 1.37. The van der Waals surface area contributed by atoms with E-state index in [0.29, 0.717) is 16.9 Å². The lowest BCUT2D eigenvalue weighted by Gasteiger charge is -2.30. The van der Waals surface area contributed by atoms with E-state index in [4.69, 9.17) is 4.98 Å². The quantitative estimate of drug-likeness (QED) is 0.553. The minimum atomic E-state index is -0.0529. The van der Waals surface area contributed by atoms with Crippen LogP contribution in [0.25, 0.3) is 27.9 Å². The molecule has 1 aliphatic carbocycles. The Morgan fingerprint density at radius 1 is 1.10 bits per heavy atom. The molecule has 5 heterocycles. The van der Waals surface area contributed by atoms with E-state index >= 15 is 0 Å². The molecule has 2 aliphatic rings. The van der Waals surface area contributed by atoms with Crippen LogP contribution in [0.4, 0.5) is 0 Å². The molecule has 1 saturated carbocycles. The molecule has 6 rings (SSSR count). The zero-order valence-corrected chi connectivity index (χ0v) is 17.7. The van der Waals surface area contributed by atoms with Gasteiger partial charge in [-0.3, -0.25) is 4.79 Å². The Morgan fingerprint density at radius 2 is 1.97 bits per heavy atom. The molecule has 4 aromatic heterocycles. The fourth-order valence-electron chi connectivity index (χ4n) is 4.83. The van der Waals surface area contributed by atoms with Gasteiger partial charge in [-0.25, -0.2) is 19.2 Å². The average Bonchev–Trinajstić information content (AvgIpc) is 3.55. The Labute approximate surface area is 179 Å². The maximum atomic E-state index is 13.2. The highest BCUT2D eigenvalue weighted by Gasteiger charge is 2.35. The van der Waals surface area contributed by atoms with Crippen molar-refractivity contribution in [3.8, 4) is 11.4 Å². The number of nitrogens with one attached hydrogen (secondary N) is 1. The highest BCUT2D eigenvalue weighted by molar-refractivity contribution is 5.79. The lowest BCUT2D eigenvalue weighted by atomic mass is 9.96. The summed E-state index contributed by atoms with van der Waals surface area (Å²) in [6.45, 7) is 4.91. The number of nitrogens with zero attached hydrogens (tertiary/aromatic N) is 6. The van der Waals surface area contributed by atoms with E-state index in [9.17, 15) is 4.79 Å². The molecular formula is C23H25N7O. The number of aryl methyl sites for hydroxylation is 2. The minimum Gasteiger partial charge on any atom is -0.314 e. The van der Waals surface area contributed by atoms with Gasteiger partial charge in [0.2, 0.25) is 0 Å². The molecule has 4 aromatic rings. The van der Waals surface area contributed by atoms with Gasteiger partial charge < -0.3 is 5.32 Å². The standard InChI is InChI=1S/C23H25N7O/c1-13-9-20(28-29-12-14(2)26-22(13)29)18-6-5-17-21(27-18)11-25-30(23(17)31)16-7-8-24-19(10-16)15-3-4-15/h5-6,9,11-12,15-16,19,24H,3-4,7-8,10H2,1-2H3/t16-,19+/m0/s1. The van der Waals surface area contributed by atoms with Gasteiger partial charge in [0.25, 0.3) is 5.56 Å². The van der Waals surface area contributed by atoms with Crippen molar-refractivity contribution in [1.29, 1.82) is 0 Å². The summed E-state index contributed by atoms with van der Waals surface area (Å²) in [5.41, 5.74) is 4.82. The van der Waals surface area contributed by atoms with Crippen LogP contribution >= 0.6 is 0 Å². The molecule has 0 bridgehead atoms. The first-order chi connectivity index (χ1) is 15.1. The van der Waals surface area contributed by atoms with Crippen LogP contribution in [0, 0.1) is 19.8 Å². The third-order valence-corrected chi connectivity index (χ3v) is 6.61. The second-order valence-electron chi connectivity index (χ2n) is 8.96. The molecule has 8 nitrogen and oxygen atoms in total. The molecule has 1 saturated heterocycles. The van der Waals surface area contributed by atoms with Crippen LogP contribution in [0.15, 0.2) is 35.4 Å². The monoisotopic (exact) mass is 415 g/mol. The van der Waals surface area contributed by atoms with Crippen molar-refractivity contribution in [3.05, 3.63) is 52.2 Å². The van der Waals surface area contributed by atoms with Gasteiger partial charge in [0.1, 0.15) is 5.69 Å². The fourth-order valence-corrected chi connectivity index (χ4v) is 4.83. The molecule has 0 unspecified atom stereocenters. The Bertz CT molecular complexity index is 1370. The van der Waals surface area contributed by atoms with E-state index < -0.39 is 0 Å². The molecule has 0 radical (unpaired) electrons. The van der Waals surface area contributed by atoms with E-state index in [1.165, 1.54) is 12.8 Å². The molecule has 0 spiro atoms. The number of piperidine rings is 1. The first-order valence-electron chi connectivity index (χ1n) is 11.0. The third kappa shape index (κ3) is 3.22. The summed E-state index contributed by atoms with van der Waals surface area (Å²) in [5.74, 6) is 0.774. The number of imidazole rings is 1. The van der Waals surface area contributed by atoms with Crippen molar-refractivity contribution >= 4 is 16.6 Å². The summed E-state index contributed by atoms with van der Waals surface area (Å²) in [6, 6.07) is 6.38. The summed E-state index contributed by atoms with van der Waals surface area (Å²) in [5, 5.41) is 13.4. The third-order valence-electron chi connectivity index (χ3n) is 6.61. The molecule has 8 heteroatoms. The lowest BCUT2D eigenvalue weighted by Crippen LogP contribution is -2.42.